The first-order valence-corrected chi connectivity index (χ1v) is 9.00. The van der Waals surface area contributed by atoms with Crippen molar-refractivity contribution in [2.75, 3.05) is 11.9 Å². The molecule has 0 aromatic heterocycles. The van der Waals surface area contributed by atoms with E-state index in [1.165, 1.54) is 43.2 Å². The summed E-state index contributed by atoms with van der Waals surface area (Å²) in [5, 5.41) is 5.82. The van der Waals surface area contributed by atoms with Crippen LogP contribution in [0.25, 0.3) is 0 Å². The minimum absolute atomic E-state index is 0.142. The number of carbonyl (C=O) groups excluding carboxylic acids is 1. The van der Waals surface area contributed by atoms with Crippen molar-refractivity contribution in [1.29, 1.82) is 0 Å². The van der Waals surface area contributed by atoms with Crippen LogP contribution in [-0.2, 0) is 6.42 Å². The van der Waals surface area contributed by atoms with Gasteiger partial charge in [0.25, 0.3) is 0 Å². The topological polar surface area (TPSA) is 41.1 Å². The van der Waals surface area contributed by atoms with Crippen LogP contribution in [0.5, 0.6) is 0 Å². The number of rotatable bonds is 5. The lowest BCUT2D eigenvalue weighted by Crippen LogP contribution is -2.30. The third kappa shape index (κ3) is 4.85. The average molecular weight is 322 g/mol. The van der Waals surface area contributed by atoms with Crippen molar-refractivity contribution in [2.45, 2.75) is 44.4 Å². The highest BCUT2D eigenvalue weighted by Crippen LogP contribution is 2.32. The highest BCUT2D eigenvalue weighted by Gasteiger charge is 2.15. The van der Waals surface area contributed by atoms with Crippen molar-refractivity contribution in [2.24, 2.45) is 0 Å². The van der Waals surface area contributed by atoms with Crippen molar-refractivity contribution in [3.63, 3.8) is 0 Å². The molecule has 1 saturated carbocycles. The molecule has 1 aliphatic carbocycles. The third-order valence-electron chi connectivity index (χ3n) is 4.79. The van der Waals surface area contributed by atoms with E-state index in [0.29, 0.717) is 12.5 Å². The van der Waals surface area contributed by atoms with Crippen LogP contribution in [0.4, 0.5) is 10.5 Å². The predicted molar refractivity (Wildman–Crippen MR) is 99.4 cm³/mol. The Bertz CT molecular complexity index is 631. The van der Waals surface area contributed by atoms with E-state index in [1.807, 2.05) is 30.3 Å². The summed E-state index contributed by atoms with van der Waals surface area (Å²) >= 11 is 0. The molecule has 2 amide bonds. The summed E-state index contributed by atoms with van der Waals surface area (Å²) in [6, 6.07) is 18.4. The van der Waals surface area contributed by atoms with E-state index >= 15 is 0 Å². The quantitative estimate of drug-likeness (QED) is 0.790. The van der Waals surface area contributed by atoms with Crippen LogP contribution in [0.1, 0.15) is 49.1 Å². The van der Waals surface area contributed by atoms with Crippen LogP contribution in [-0.4, -0.2) is 12.6 Å². The van der Waals surface area contributed by atoms with E-state index in [1.54, 1.807) is 0 Å². The smallest absolute Gasteiger partial charge is 0.319 e. The summed E-state index contributed by atoms with van der Waals surface area (Å²) in [7, 11) is 0. The van der Waals surface area contributed by atoms with Gasteiger partial charge in [0, 0.05) is 12.2 Å². The normalized spacial score (nSPS) is 15.0. The summed E-state index contributed by atoms with van der Waals surface area (Å²) in [6.45, 7) is 0.635. The number of amides is 2. The van der Waals surface area contributed by atoms with Crippen molar-refractivity contribution < 1.29 is 4.79 Å². The Morgan fingerprint density at radius 3 is 2.33 bits per heavy atom. The highest BCUT2D eigenvalue weighted by atomic mass is 16.2. The van der Waals surface area contributed by atoms with Gasteiger partial charge >= 0.3 is 6.03 Å². The van der Waals surface area contributed by atoms with Gasteiger partial charge in [0.1, 0.15) is 0 Å². The molecular weight excluding hydrogens is 296 g/mol. The largest absolute Gasteiger partial charge is 0.338 e. The number of benzene rings is 2. The Hall–Kier alpha value is -2.29. The lowest BCUT2D eigenvalue weighted by atomic mass is 9.84. The molecule has 2 N–H and O–H groups in total. The van der Waals surface area contributed by atoms with E-state index in [0.717, 1.165) is 12.1 Å². The minimum atomic E-state index is -0.142. The molecule has 0 atom stereocenters. The molecule has 0 saturated heterocycles. The second kappa shape index (κ2) is 8.53. The Morgan fingerprint density at radius 1 is 0.917 bits per heavy atom. The van der Waals surface area contributed by atoms with Crippen LogP contribution in [0.15, 0.2) is 54.6 Å². The third-order valence-corrected chi connectivity index (χ3v) is 4.79. The van der Waals surface area contributed by atoms with Crippen LogP contribution in [0.3, 0.4) is 0 Å². The maximum Gasteiger partial charge on any atom is 0.319 e. The van der Waals surface area contributed by atoms with Crippen molar-refractivity contribution in [3.05, 3.63) is 65.7 Å². The summed E-state index contributed by atoms with van der Waals surface area (Å²) < 4.78 is 0. The van der Waals surface area contributed by atoms with Crippen LogP contribution in [0, 0.1) is 0 Å². The standard InChI is InChI=1S/C21H26N2O/c24-21(22-16-15-17-7-3-1-4-8-17)23-20-13-11-19(12-14-20)18-9-5-2-6-10-18/h1,3-4,7-8,11-14,18H,2,5-6,9-10,15-16H2,(H2,22,23,24). The molecule has 1 aliphatic rings. The molecule has 24 heavy (non-hydrogen) atoms. The summed E-state index contributed by atoms with van der Waals surface area (Å²) in [5.74, 6) is 0.701. The number of hydrogen-bond donors (Lipinski definition) is 2. The Balaban J connectivity index is 1.44. The van der Waals surface area contributed by atoms with Gasteiger partial charge < -0.3 is 10.6 Å². The van der Waals surface area contributed by atoms with Gasteiger partial charge in [-0.1, -0.05) is 61.7 Å². The summed E-state index contributed by atoms with van der Waals surface area (Å²) in [6.07, 6.45) is 7.50. The molecule has 0 spiro atoms. The van der Waals surface area contributed by atoms with Crippen LogP contribution >= 0.6 is 0 Å². The van der Waals surface area contributed by atoms with Gasteiger partial charge in [-0.25, -0.2) is 4.79 Å². The first kappa shape index (κ1) is 16.6. The van der Waals surface area contributed by atoms with Gasteiger partial charge in [0.15, 0.2) is 0 Å². The lowest BCUT2D eigenvalue weighted by molar-refractivity contribution is 0.252. The van der Waals surface area contributed by atoms with Gasteiger partial charge in [-0.05, 0) is 48.4 Å². The fraction of sp³-hybridized carbons (Fsp3) is 0.381. The minimum Gasteiger partial charge on any atom is -0.338 e. The van der Waals surface area contributed by atoms with E-state index in [9.17, 15) is 4.79 Å². The van der Waals surface area contributed by atoms with Crippen LogP contribution < -0.4 is 10.6 Å². The molecule has 3 heteroatoms. The predicted octanol–water partition coefficient (Wildman–Crippen LogP) is 5.10. The van der Waals surface area contributed by atoms with Crippen molar-refractivity contribution in [3.8, 4) is 0 Å². The Morgan fingerprint density at radius 2 is 1.62 bits per heavy atom. The molecule has 0 heterocycles. The van der Waals surface area contributed by atoms with Crippen molar-refractivity contribution >= 4 is 11.7 Å². The first-order valence-electron chi connectivity index (χ1n) is 9.00. The Labute approximate surface area is 144 Å². The molecule has 3 rings (SSSR count). The molecule has 2 aromatic carbocycles. The zero-order valence-corrected chi connectivity index (χ0v) is 14.1. The van der Waals surface area contributed by atoms with Crippen molar-refractivity contribution in [1.82, 2.24) is 5.32 Å². The van der Waals surface area contributed by atoms with E-state index < -0.39 is 0 Å². The SMILES string of the molecule is O=C(NCCc1ccccc1)Nc1ccc(C2CCCCC2)cc1. The molecule has 0 bridgehead atoms. The maximum absolute atomic E-state index is 12.0. The molecular formula is C21H26N2O. The number of urea groups is 1. The second-order valence-electron chi connectivity index (χ2n) is 6.57. The Kier molecular flexibility index (Phi) is 5.89. The fourth-order valence-electron chi connectivity index (χ4n) is 3.41. The average Bonchev–Trinajstić information content (AvgIpc) is 2.64. The lowest BCUT2D eigenvalue weighted by Gasteiger charge is -2.22. The molecule has 3 nitrogen and oxygen atoms in total. The van der Waals surface area contributed by atoms with Gasteiger partial charge in [-0.2, -0.15) is 0 Å². The van der Waals surface area contributed by atoms with E-state index in [-0.39, 0.29) is 6.03 Å². The maximum atomic E-state index is 12.0. The fourth-order valence-corrected chi connectivity index (χ4v) is 3.41. The van der Waals surface area contributed by atoms with E-state index in [2.05, 4.69) is 34.9 Å². The van der Waals surface area contributed by atoms with Crippen LogP contribution in [0.2, 0.25) is 0 Å². The number of anilines is 1. The zero-order chi connectivity index (χ0) is 16.6. The van der Waals surface area contributed by atoms with E-state index in [4.69, 9.17) is 0 Å². The molecule has 1 fully saturated rings. The number of carbonyl (C=O) groups is 1. The molecule has 2 aromatic rings. The van der Waals surface area contributed by atoms with Gasteiger partial charge in [0.05, 0.1) is 0 Å². The first-order chi connectivity index (χ1) is 11.8. The molecule has 126 valence electrons. The summed E-state index contributed by atoms with van der Waals surface area (Å²) in [4.78, 5) is 12.0. The molecule has 0 aliphatic heterocycles. The molecule has 0 radical (unpaired) electrons. The monoisotopic (exact) mass is 322 g/mol. The molecule has 0 unspecified atom stereocenters. The second-order valence-corrected chi connectivity index (χ2v) is 6.57. The summed E-state index contributed by atoms with van der Waals surface area (Å²) in [5.41, 5.74) is 3.49. The van der Waals surface area contributed by atoms with Gasteiger partial charge in [-0.3, -0.25) is 0 Å². The number of hydrogen-bond acceptors (Lipinski definition) is 1. The van der Waals surface area contributed by atoms with Gasteiger partial charge in [0.2, 0.25) is 0 Å². The number of nitrogens with one attached hydrogen (secondary N) is 2. The zero-order valence-electron chi connectivity index (χ0n) is 14.1. The van der Waals surface area contributed by atoms with Gasteiger partial charge in [-0.15, -0.1) is 0 Å². The highest BCUT2D eigenvalue weighted by molar-refractivity contribution is 5.89.